The summed E-state index contributed by atoms with van der Waals surface area (Å²) in [5, 5.41) is 10.8. The molecule has 27 heavy (non-hydrogen) atoms. The van der Waals surface area contributed by atoms with Crippen LogP contribution in [0.2, 0.25) is 5.02 Å². The van der Waals surface area contributed by atoms with Crippen molar-refractivity contribution in [2.75, 3.05) is 37.6 Å². The fourth-order valence-electron chi connectivity index (χ4n) is 3.43. The molecular formula is C21H21ClN2O3. The first-order chi connectivity index (χ1) is 13.1. The van der Waals surface area contributed by atoms with Crippen LogP contribution in [-0.2, 0) is 6.61 Å². The number of benzene rings is 2. The molecule has 0 spiro atoms. The number of aliphatic hydroxyl groups excluding tert-OH is 1. The Morgan fingerprint density at radius 1 is 1.07 bits per heavy atom. The van der Waals surface area contributed by atoms with Gasteiger partial charge in [-0.15, -0.1) is 0 Å². The molecule has 1 N–H and O–H groups in total. The van der Waals surface area contributed by atoms with E-state index in [-0.39, 0.29) is 12.4 Å². The minimum absolute atomic E-state index is 0.00925. The summed E-state index contributed by atoms with van der Waals surface area (Å²) >= 11 is 6.20. The second-order valence-electron chi connectivity index (χ2n) is 6.77. The molecule has 0 unspecified atom stereocenters. The van der Waals surface area contributed by atoms with Crippen molar-refractivity contribution < 1.29 is 14.3 Å². The molecule has 2 aromatic carbocycles. The molecule has 1 aromatic heterocycles. The summed E-state index contributed by atoms with van der Waals surface area (Å²) in [6.45, 7) is 3.54. The SMILES string of the molecule is O=C(CN1CCN(c2ccc(CO)c(Cl)c2)CC1)c1cc2ccccc2o1. The third-order valence-corrected chi connectivity index (χ3v) is 5.36. The molecule has 1 aliphatic heterocycles. The van der Waals surface area contributed by atoms with E-state index in [2.05, 4.69) is 9.80 Å². The predicted octanol–water partition coefficient (Wildman–Crippen LogP) is 3.58. The van der Waals surface area contributed by atoms with Crippen molar-refractivity contribution in [1.29, 1.82) is 0 Å². The van der Waals surface area contributed by atoms with E-state index in [0.717, 1.165) is 48.4 Å². The number of halogens is 1. The van der Waals surface area contributed by atoms with Gasteiger partial charge in [0, 0.05) is 42.3 Å². The summed E-state index contributed by atoms with van der Waals surface area (Å²) in [4.78, 5) is 17.0. The van der Waals surface area contributed by atoms with Crippen LogP contribution < -0.4 is 4.90 Å². The van der Waals surface area contributed by atoms with Crippen molar-refractivity contribution >= 4 is 34.0 Å². The van der Waals surface area contributed by atoms with Crippen LogP contribution >= 0.6 is 11.6 Å². The number of fused-ring (bicyclic) bond motifs is 1. The van der Waals surface area contributed by atoms with Gasteiger partial charge < -0.3 is 14.4 Å². The van der Waals surface area contributed by atoms with Gasteiger partial charge in [-0.05, 0) is 29.8 Å². The summed E-state index contributed by atoms with van der Waals surface area (Å²) in [5.41, 5.74) is 2.52. The number of nitrogens with zero attached hydrogens (tertiary/aromatic N) is 2. The molecule has 140 valence electrons. The van der Waals surface area contributed by atoms with Gasteiger partial charge in [-0.2, -0.15) is 0 Å². The molecule has 6 heteroatoms. The van der Waals surface area contributed by atoms with Crippen LogP contribution in [0.4, 0.5) is 5.69 Å². The first-order valence-electron chi connectivity index (χ1n) is 9.02. The minimum Gasteiger partial charge on any atom is -0.453 e. The number of rotatable bonds is 5. The molecule has 3 aromatic rings. The molecule has 0 saturated carbocycles. The Kier molecular flexibility index (Phi) is 5.16. The van der Waals surface area contributed by atoms with Crippen LogP contribution in [0.15, 0.2) is 52.9 Å². The van der Waals surface area contributed by atoms with Crippen LogP contribution in [0, 0.1) is 0 Å². The van der Waals surface area contributed by atoms with Gasteiger partial charge in [0.15, 0.2) is 5.76 Å². The highest BCUT2D eigenvalue weighted by Gasteiger charge is 2.22. The minimum atomic E-state index is -0.0587. The van der Waals surface area contributed by atoms with Crippen LogP contribution in [0.3, 0.4) is 0 Å². The average molecular weight is 385 g/mol. The molecule has 5 nitrogen and oxygen atoms in total. The Balaban J connectivity index is 1.36. The Bertz CT molecular complexity index is 928. The lowest BCUT2D eigenvalue weighted by molar-refractivity contribution is 0.0901. The second-order valence-corrected chi connectivity index (χ2v) is 7.18. The number of furan rings is 1. The first-order valence-corrected chi connectivity index (χ1v) is 9.40. The number of para-hydroxylation sites is 1. The predicted molar refractivity (Wildman–Crippen MR) is 107 cm³/mol. The summed E-state index contributed by atoms with van der Waals surface area (Å²) in [6.07, 6.45) is 0. The smallest absolute Gasteiger partial charge is 0.211 e. The first kappa shape index (κ1) is 18.0. The highest BCUT2D eigenvalue weighted by molar-refractivity contribution is 6.31. The van der Waals surface area contributed by atoms with Crippen molar-refractivity contribution in [1.82, 2.24) is 4.90 Å². The molecule has 4 rings (SSSR count). The van der Waals surface area contributed by atoms with Gasteiger partial charge in [-0.25, -0.2) is 0 Å². The summed E-state index contributed by atoms with van der Waals surface area (Å²) in [5.74, 6) is 0.431. The van der Waals surface area contributed by atoms with Gasteiger partial charge in [0.05, 0.1) is 13.2 Å². The van der Waals surface area contributed by atoms with Crippen LogP contribution in [0.25, 0.3) is 11.0 Å². The molecule has 0 aliphatic carbocycles. The van der Waals surface area contributed by atoms with Gasteiger partial charge in [-0.3, -0.25) is 9.69 Å². The Morgan fingerprint density at radius 2 is 1.85 bits per heavy atom. The molecule has 0 bridgehead atoms. The van der Waals surface area contributed by atoms with Crippen molar-refractivity contribution in [2.24, 2.45) is 0 Å². The molecule has 1 saturated heterocycles. The lowest BCUT2D eigenvalue weighted by Crippen LogP contribution is -2.48. The van der Waals surface area contributed by atoms with Crippen molar-refractivity contribution in [2.45, 2.75) is 6.61 Å². The number of carbonyl (C=O) groups excluding carboxylic acids is 1. The summed E-state index contributed by atoms with van der Waals surface area (Å²) < 4.78 is 5.68. The number of anilines is 1. The Labute approximate surface area is 162 Å². The number of aliphatic hydroxyl groups is 1. The van der Waals surface area contributed by atoms with Crippen LogP contribution in [0.5, 0.6) is 0 Å². The fourth-order valence-corrected chi connectivity index (χ4v) is 3.66. The molecule has 1 aliphatic rings. The summed E-state index contributed by atoms with van der Waals surface area (Å²) in [7, 11) is 0. The quantitative estimate of drug-likeness (QED) is 0.681. The molecule has 0 amide bonds. The molecule has 2 heterocycles. The van der Waals surface area contributed by atoms with Gasteiger partial charge in [0.2, 0.25) is 5.78 Å². The van der Waals surface area contributed by atoms with E-state index >= 15 is 0 Å². The zero-order chi connectivity index (χ0) is 18.8. The molecule has 0 radical (unpaired) electrons. The van der Waals surface area contributed by atoms with Gasteiger partial charge in [-0.1, -0.05) is 35.9 Å². The van der Waals surface area contributed by atoms with Crippen molar-refractivity contribution in [3.63, 3.8) is 0 Å². The van der Waals surface area contributed by atoms with E-state index in [0.29, 0.717) is 17.3 Å². The van der Waals surface area contributed by atoms with E-state index in [9.17, 15) is 9.90 Å². The van der Waals surface area contributed by atoms with Crippen molar-refractivity contribution in [3.8, 4) is 0 Å². The number of carbonyl (C=O) groups is 1. The second kappa shape index (κ2) is 7.72. The zero-order valence-electron chi connectivity index (χ0n) is 14.9. The number of ketones is 1. The Hall–Kier alpha value is -2.34. The third-order valence-electron chi connectivity index (χ3n) is 5.01. The number of hydrogen-bond donors (Lipinski definition) is 1. The van der Waals surface area contributed by atoms with E-state index in [1.807, 2.05) is 48.5 Å². The largest absolute Gasteiger partial charge is 0.453 e. The summed E-state index contributed by atoms with van der Waals surface area (Å²) in [6, 6.07) is 15.2. The number of hydrogen-bond acceptors (Lipinski definition) is 5. The maximum atomic E-state index is 12.6. The van der Waals surface area contributed by atoms with Crippen molar-refractivity contribution in [3.05, 3.63) is 64.9 Å². The zero-order valence-corrected chi connectivity index (χ0v) is 15.7. The van der Waals surface area contributed by atoms with E-state index < -0.39 is 0 Å². The topological polar surface area (TPSA) is 56.9 Å². The maximum Gasteiger partial charge on any atom is 0.211 e. The van der Waals surface area contributed by atoms with E-state index in [1.54, 1.807) is 0 Å². The molecule has 0 atom stereocenters. The highest BCUT2D eigenvalue weighted by Crippen LogP contribution is 2.25. The molecule has 1 fully saturated rings. The monoisotopic (exact) mass is 384 g/mol. The van der Waals surface area contributed by atoms with E-state index in [1.165, 1.54) is 0 Å². The highest BCUT2D eigenvalue weighted by atomic mass is 35.5. The number of Topliss-reactive ketones (excluding diaryl/α,β-unsaturated/α-hetero) is 1. The number of piperazine rings is 1. The van der Waals surface area contributed by atoms with Crippen LogP contribution in [-0.4, -0.2) is 48.5 Å². The lowest BCUT2D eigenvalue weighted by Gasteiger charge is -2.35. The Morgan fingerprint density at radius 3 is 2.56 bits per heavy atom. The van der Waals surface area contributed by atoms with Gasteiger partial charge in [0.25, 0.3) is 0 Å². The lowest BCUT2D eigenvalue weighted by atomic mass is 10.1. The van der Waals surface area contributed by atoms with Gasteiger partial charge >= 0.3 is 0 Å². The van der Waals surface area contributed by atoms with Gasteiger partial charge in [0.1, 0.15) is 5.58 Å². The van der Waals surface area contributed by atoms with Crippen LogP contribution in [0.1, 0.15) is 16.1 Å². The normalized spacial score (nSPS) is 15.4. The third kappa shape index (κ3) is 3.86. The molecular weight excluding hydrogens is 364 g/mol. The standard InChI is InChI=1S/C21H21ClN2O3/c22-18-12-17(6-5-16(18)14-25)24-9-7-23(8-10-24)13-19(26)21-11-15-3-1-2-4-20(15)27-21/h1-6,11-12,25H,7-10,13-14H2. The van der Waals surface area contributed by atoms with E-state index in [4.69, 9.17) is 16.0 Å². The average Bonchev–Trinajstić information content (AvgIpc) is 3.13. The maximum absolute atomic E-state index is 12.6. The fraction of sp³-hybridized carbons (Fsp3) is 0.286.